The molecule has 0 aliphatic heterocycles. The highest BCUT2D eigenvalue weighted by Crippen LogP contribution is 2.24. The summed E-state index contributed by atoms with van der Waals surface area (Å²) < 4.78 is 4.10. The lowest BCUT2D eigenvalue weighted by atomic mass is 10.0. The van der Waals surface area contributed by atoms with Gasteiger partial charge in [-0.3, -0.25) is 0 Å². The van der Waals surface area contributed by atoms with E-state index in [9.17, 15) is 0 Å². The van der Waals surface area contributed by atoms with Gasteiger partial charge in [0, 0.05) is 6.04 Å². The van der Waals surface area contributed by atoms with E-state index < -0.39 is 0 Å². The van der Waals surface area contributed by atoms with E-state index in [1.54, 1.807) is 0 Å². The Morgan fingerprint density at radius 3 is 2.72 bits per heavy atom. The Morgan fingerprint density at radius 1 is 1.28 bits per heavy atom. The van der Waals surface area contributed by atoms with Gasteiger partial charge in [0.05, 0.1) is 10.6 Å². The molecule has 0 fully saturated rings. The summed E-state index contributed by atoms with van der Waals surface area (Å²) in [5.41, 5.74) is 2.49. The summed E-state index contributed by atoms with van der Waals surface area (Å²) in [7, 11) is 2.00. The fraction of sp³-hybridized carbons (Fsp3) is 0.429. The highest BCUT2D eigenvalue weighted by molar-refractivity contribution is 7.05. The summed E-state index contributed by atoms with van der Waals surface area (Å²) in [5, 5.41) is 7.63. The van der Waals surface area contributed by atoms with Gasteiger partial charge >= 0.3 is 0 Å². The molecule has 1 aromatic heterocycles. The molecule has 0 amide bonds. The summed E-state index contributed by atoms with van der Waals surface area (Å²) in [4.78, 5) is 1.28. The molecule has 0 saturated carbocycles. The monoisotopic (exact) mass is 261 g/mol. The van der Waals surface area contributed by atoms with Crippen LogP contribution in [0.4, 0.5) is 0 Å². The first-order valence-corrected chi connectivity index (χ1v) is 7.14. The molecule has 0 aliphatic rings. The summed E-state index contributed by atoms with van der Waals surface area (Å²) in [5.74, 6) is 0. The summed E-state index contributed by atoms with van der Waals surface area (Å²) in [6, 6.07) is 10.9. The van der Waals surface area contributed by atoms with Crippen LogP contribution in [0.3, 0.4) is 0 Å². The van der Waals surface area contributed by atoms with Crippen molar-refractivity contribution < 1.29 is 0 Å². The molecule has 3 nitrogen and oxygen atoms in total. The Morgan fingerprint density at radius 2 is 2.06 bits per heavy atom. The molecule has 0 saturated heterocycles. The van der Waals surface area contributed by atoms with Gasteiger partial charge in [0.15, 0.2) is 0 Å². The van der Waals surface area contributed by atoms with Crippen molar-refractivity contribution in [3.63, 3.8) is 0 Å². The minimum atomic E-state index is 0.314. The van der Waals surface area contributed by atoms with Gasteiger partial charge in [-0.05, 0) is 37.0 Å². The number of nitrogens with one attached hydrogen (secondary N) is 1. The molecule has 0 radical (unpaired) electrons. The van der Waals surface area contributed by atoms with Crippen LogP contribution in [0, 0.1) is 0 Å². The predicted octanol–water partition coefficient (Wildman–Crippen LogP) is 2.99. The van der Waals surface area contributed by atoms with Crippen LogP contribution < -0.4 is 5.32 Å². The lowest BCUT2D eigenvalue weighted by Crippen LogP contribution is -2.19. The molecule has 0 aliphatic carbocycles. The van der Waals surface area contributed by atoms with Gasteiger partial charge in [-0.1, -0.05) is 48.2 Å². The summed E-state index contributed by atoms with van der Waals surface area (Å²) in [6.07, 6.45) is 3.11. The molecule has 0 spiro atoms. The topological polar surface area (TPSA) is 37.8 Å². The first-order valence-electron chi connectivity index (χ1n) is 6.37. The van der Waals surface area contributed by atoms with Crippen molar-refractivity contribution in [2.24, 2.45) is 0 Å². The maximum atomic E-state index is 4.24. The number of hydrogen-bond acceptors (Lipinski definition) is 4. The number of aryl methyl sites for hydroxylation is 1. The number of nitrogens with zero attached hydrogens (tertiary/aromatic N) is 2. The van der Waals surface area contributed by atoms with Gasteiger partial charge in [-0.2, -0.15) is 0 Å². The van der Waals surface area contributed by atoms with Crippen molar-refractivity contribution in [3.05, 3.63) is 46.5 Å². The molecular weight excluding hydrogens is 242 g/mol. The standard InChI is InChI=1S/C14H19N3S/c1-3-7-12-14(18-17-16-12)13(15-2)10-11-8-5-4-6-9-11/h4-6,8-9,13,15H,3,7,10H2,1-2H3. The highest BCUT2D eigenvalue weighted by Gasteiger charge is 2.17. The predicted molar refractivity (Wildman–Crippen MR) is 75.9 cm³/mol. The smallest absolute Gasteiger partial charge is 0.0803 e. The average molecular weight is 261 g/mol. The van der Waals surface area contributed by atoms with E-state index in [0.717, 1.165) is 25.0 Å². The maximum absolute atomic E-state index is 4.24. The summed E-state index contributed by atoms with van der Waals surface area (Å²) in [6.45, 7) is 2.18. The lowest BCUT2D eigenvalue weighted by molar-refractivity contribution is 0.593. The first kappa shape index (κ1) is 13.2. The van der Waals surface area contributed by atoms with E-state index in [-0.39, 0.29) is 0 Å². The van der Waals surface area contributed by atoms with Crippen molar-refractivity contribution in [3.8, 4) is 0 Å². The third-order valence-corrected chi connectivity index (χ3v) is 3.90. The van der Waals surface area contributed by atoms with Gasteiger partial charge in [-0.15, -0.1) is 5.10 Å². The molecular formula is C14H19N3S. The second kappa shape index (κ2) is 6.61. The molecule has 1 atom stereocenters. The van der Waals surface area contributed by atoms with Crippen molar-refractivity contribution in [2.75, 3.05) is 7.05 Å². The highest BCUT2D eigenvalue weighted by atomic mass is 32.1. The van der Waals surface area contributed by atoms with Gasteiger partial charge in [0.25, 0.3) is 0 Å². The van der Waals surface area contributed by atoms with E-state index in [1.165, 1.54) is 22.0 Å². The first-order chi connectivity index (χ1) is 8.85. The molecule has 2 rings (SSSR count). The van der Waals surface area contributed by atoms with Gasteiger partial charge < -0.3 is 5.32 Å². The Kier molecular flexibility index (Phi) is 4.84. The lowest BCUT2D eigenvalue weighted by Gasteiger charge is -2.15. The Labute approximate surface area is 112 Å². The van der Waals surface area contributed by atoms with E-state index in [0.29, 0.717) is 6.04 Å². The molecule has 1 N–H and O–H groups in total. The van der Waals surface area contributed by atoms with Gasteiger partial charge in [0.2, 0.25) is 0 Å². The van der Waals surface area contributed by atoms with Crippen molar-refractivity contribution in [2.45, 2.75) is 32.2 Å². The number of rotatable bonds is 6. The molecule has 2 aromatic rings. The third-order valence-electron chi connectivity index (χ3n) is 3.02. The van der Waals surface area contributed by atoms with Crippen LogP contribution in [-0.4, -0.2) is 16.6 Å². The second-order valence-electron chi connectivity index (χ2n) is 4.36. The SMILES string of the molecule is CCCc1nnsc1C(Cc1ccccc1)NC. The zero-order valence-corrected chi connectivity index (χ0v) is 11.7. The Balaban J connectivity index is 2.15. The molecule has 1 unspecified atom stereocenters. The van der Waals surface area contributed by atoms with E-state index in [2.05, 4.69) is 52.2 Å². The van der Waals surface area contributed by atoms with Crippen LogP contribution in [0.1, 0.15) is 35.5 Å². The number of likely N-dealkylation sites (N-methyl/N-ethyl adjacent to an activating group) is 1. The Hall–Kier alpha value is -1.26. The molecule has 4 heteroatoms. The molecule has 96 valence electrons. The normalized spacial score (nSPS) is 12.6. The Bertz CT molecular complexity index is 467. The molecule has 18 heavy (non-hydrogen) atoms. The maximum Gasteiger partial charge on any atom is 0.0803 e. The zero-order chi connectivity index (χ0) is 12.8. The van der Waals surface area contributed by atoms with Crippen LogP contribution in [0.5, 0.6) is 0 Å². The number of aromatic nitrogens is 2. The quantitative estimate of drug-likeness (QED) is 0.868. The van der Waals surface area contributed by atoms with Crippen LogP contribution in [0.2, 0.25) is 0 Å². The number of benzene rings is 1. The minimum Gasteiger partial charge on any atom is -0.312 e. The van der Waals surface area contributed by atoms with Crippen molar-refractivity contribution in [1.29, 1.82) is 0 Å². The zero-order valence-electron chi connectivity index (χ0n) is 10.9. The van der Waals surface area contributed by atoms with Gasteiger partial charge in [-0.25, -0.2) is 0 Å². The van der Waals surface area contributed by atoms with E-state index in [1.807, 2.05) is 7.05 Å². The van der Waals surface area contributed by atoms with Gasteiger partial charge in [0.1, 0.15) is 0 Å². The average Bonchev–Trinajstić information content (AvgIpc) is 2.86. The minimum absolute atomic E-state index is 0.314. The summed E-state index contributed by atoms with van der Waals surface area (Å²) >= 11 is 1.52. The third kappa shape index (κ3) is 3.15. The van der Waals surface area contributed by atoms with Crippen LogP contribution in [0.25, 0.3) is 0 Å². The van der Waals surface area contributed by atoms with E-state index >= 15 is 0 Å². The second-order valence-corrected chi connectivity index (χ2v) is 5.15. The fourth-order valence-corrected chi connectivity index (χ4v) is 2.87. The van der Waals surface area contributed by atoms with Crippen LogP contribution >= 0.6 is 11.5 Å². The largest absolute Gasteiger partial charge is 0.312 e. The van der Waals surface area contributed by atoms with Crippen molar-refractivity contribution >= 4 is 11.5 Å². The fourth-order valence-electron chi connectivity index (χ4n) is 2.07. The van der Waals surface area contributed by atoms with Crippen molar-refractivity contribution in [1.82, 2.24) is 14.9 Å². The molecule has 1 aromatic carbocycles. The van der Waals surface area contributed by atoms with E-state index in [4.69, 9.17) is 0 Å². The van der Waals surface area contributed by atoms with Crippen LogP contribution in [-0.2, 0) is 12.8 Å². The molecule has 1 heterocycles. The number of hydrogen-bond donors (Lipinski definition) is 1. The van der Waals surface area contributed by atoms with Crippen LogP contribution in [0.15, 0.2) is 30.3 Å². The molecule has 0 bridgehead atoms.